The predicted molar refractivity (Wildman–Crippen MR) is 66.9 cm³/mol. The molecule has 2 aromatic rings. The fourth-order valence-corrected chi connectivity index (χ4v) is 2.25. The summed E-state index contributed by atoms with van der Waals surface area (Å²) in [5.41, 5.74) is 10.6. The first-order chi connectivity index (χ1) is 8.27. The highest BCUT2D eigenvalue weighted by Crippen LogP contribution is 2.31. The molecular formula is C13H14N2O2. The van der Waals surface area contributed by atoms with Gasteiger partial charge in [0.2, 0.25) is 0 Å². The lowest BCUT2D eigenvalue weighted by Crippen LogP contribution is -1.97. The highest BCUT2D eigenvalue weighted by atomic mass is 16.3. The van der Waals surface area contributed by atoms with Gasteiger partial charge in [-0.1, -0.05) is 18.2 Å². The van der Waals surface area contributed by atoms with Crippen molar-refractivity contribution in [1.29, 1.82) is 0 Å². The molecule has 0 spiro atoms. The van der Waals surface area contributed by atoms with E-state index in [4.69, 9.17) is 15.6 Å². The van der Waals surface area contributed by atoms with Crippen molar-refractivity contribution in [2.75, 3.05) is 5.73 Å². The second-order valence-corrected chi connectivity index (χ2v) is 3.93. The Bertz CT molecular complexity index is 552. The normalized spacial score (nSPS) is 12.7. The lowest BCUT2D eigenvalue weighted by Gasteiger charge is -2.07. The number of benzene rings is 1. The third-order valence-electron chi connectivity index (χ3n) is 2.96. The second-order valence-electron chi connectivity index (χ2n) is 3.93. The fourth-order valence-electron chi connectivity index (χ4n) is 2.25. The van der Waals surface area contributed by atoms with Crippen molar-refractivity contribution in [3.8, 4) is 0 Å². The Morgan fingerprint density at radius 3 is 2.76 bits per heavy atom. The molecule has 88 valence electrons. The first-order valence-electron chi connectivity index (χ1n) is 5.51. The van der Waals surface area contributed by atoms with E-state index >= 15 is 0 Å². The molecule has 1 aliphatic carbocycles. The Kier molecular flexibility index (Phi) is 3.23. The fraction of sp³-hybridized carbons (Fsp3) is 0.231. The average Bonchev–Trinajstić information content (AvgIpc) is 2.79. The van der Waals surface area contributed by atoms with Gasteiger partial charge in [-0.3, -0.25) is 9.78 Å². The Hall–Kier alpha value is -2.10. The zero-order chi connectivity index (χ0) is 12.3. The Morgan fingerprint density at radius 1 is 1.29 bits per heavy atom. The summed E-state index contributed by atoms with van der Waals surface area (Å²) < 4.78 is 0. The van der Waals surface area contributed by atoms with Crippen LogP contribution in [0.15, 0.2) is 24.3 Å². The molecule has 0 unspecified atom stereocenters. The Labute approximate surface area is 99.1 Å². The zero-order valence-corrected chi connectivity index (χ0v) is 9.39. The van der Waals surface area contributed by atoms with Crippen LogP contribution in [0.4, 0.5) is 5.69 Å². The van der Waals surface area contributed by atoms with Crippen molar-refractivity contribution < 1.29 is 9.90 Å². The maximum absolute atomic E-state index is 8.36. The number of hydrogen-bond acceptors (Lipinski definition) is 3. The number of nitrogens with two attached hydrogens (primary N) is 1. The van der Waals surface area contributed by atoms with Crippen molar-refractivity contribution in [2.45, 2.75) is 19.3 Å². The molecule has 0 saturated heterocycles. The van der Waals surface area contributed by atoms with Gasteiger partial charge in [0.1, 0.15) is 0 Å². The van der Waals surface area contributed by atoms with Gasteiger partial charge in [0.15, 0.2) is 0 Å². The number of aromatic nitrogens is 1. The van der Waals surface area contributed by atoms with Gasteiger partial charge in [-0.15, -0.1) is 0 Å². The molecule has 4 heteroatoms. The molecule has 0 saturated carbocycles. The number of anilines is 1. The van der Waals surface area contributed by atoms with E-state index in [-0.39, 0.29) is 6.47 Å². The van der Waals surface area contributed by atoms with E-state index < -0.39 is 0 Å². The van der Waals surface area contributed by atoms with Crippen molar-refractivity contribution in [2.24, 2.45) is 0 Å². The summed E-state index contributed by atoms with van der Waals surface area (Å²) in [6, 6.07) is 8.11. The van der Waals surface area contributed by atoms with Gasteiger partial charge in [-0.2, -0.15) is 0 Å². The van der Waals surface area contributed by atoms with Crippen molar-refractivity contribution in [3.05, 3.63) is 35.5 Å². The third-order valence-corrected chi connectivity index (χ3v) is 2.96. The van der Waals surface area contributed by atoms with Gasteiger partial charge in [0, 0.05) is 16.8 Å². The van der Waals surface area contributed by atoms with Crippen LogP contribution in [0.3, 0.4) is 0 Å². The largest absolute Gasteiger partial charge is 0.483 e. The number of fused-ring (bicyclic) bond motifs is 2. The first-order valence-corrected chi connectivity index (χ1v) is 5.51. The molecule has 0 fully saturated rings. The number of pyridine rings is 1. The number of nitrogens with zero attached hydrogens (tertiary/aromatic N) is 1. The number of carboxylic acid groups (broad SMARTS) is 1. The van der Waals surface area contributed by atoms with Gasteiger partial charge in [-0.05, 0) is 30.9 Å². The lowest BCUT2D eigenvalue weighted by atomic mass is 10.1. The molecule has 0 aliphatic heterocycles. The smallest absolute Gasteiger partial charge is 0.290 e. The van der Waals surface area contributed by atoms with E-state index in [2.05, 4.69) is 11.1 Å². The summed E-state index contributed by atoms with van der Waals surface area (Å²) in [7, 11) is 0. The summed E-state index contributed by atoms with van der Waals surface area (Å²) in [5, 5.41) is 7.99. The molecule has 0 atom stereocenters. The minimum absolute atomic E-state index is 0.250. The van der Waals surface area contributed by atoms with Crippen LogP contribution in [0.5, 0.6) is 0 Å². The molecule has 4 nitrogen and oxygen atoms in total. The standard InChI is InChI=1S/C12H12N2.CH2O2/c13-12-8-4-1-2-6-10(8)14-11-7-3-5-9(11)12;2-1-3/h1-2,4,6H,3,5,7H2,(H2,13,14);1H,(H,2,3). The van der Waals surface area contributed by atoms with E-state index in [1.54, 1.807) is 0 Å². The maximum Gasteiger partial charge on any atom is 0.290 e. The number of rotatable bonds is 0. The lowest BCUT2D eigenvalue weighted by molar-refractivity contribution is -0.122. The van der Waals surface area contributed by atoms with Gasteiger partial charge >= 0.3 is 0 Å². The molecule has 1 aliphatic rings. The summed E-state index contributed by atoms with van der Waals surface area (Å²) in [4.78, 5) is 13.0. The third kappa shape index (κ3) is 2.06. The molecule has 0 radical (unpaired) electrons. The van der Waals surface area contributed by atoms with E-state index in [1.807, 2.05) is 18.2 Å². The summed E-state index contributed by atoms with van der Waals surface area (Å²) in [5.74, 6) is 0. The van der Waals surface area contributed by atoms with Crippen LogP contribution in [-0.2, 0) is 17.6 Å². The van der Waals surface area contributed by atoms with Gasteiger partial charge in [-0.25, -0.2) is 0 Å². The monoisotopic (exact) mass is 230 g/mol. The molecule has 17 heavy (non-hydrogen) atoms. The highest BCUT2D eigenvalue weighted by molar-refractivity contribution is 5.92. The van der Waals surface area contributed by atoms with Crippen LogP contribution in [0.25, 0.3) is 10.9 Å². The van der Waals surface area contributed by atoms with Crippen molar-refractivity contribution in [1.82, 2.24) is 4.98 Å². The molecule has 3 rings (SSSR count). The molecule has 1 heterocycles. The first kappa shape index (κ1) is 11.4. The van der Waals surface area contributed by atoms with Crippen LogP contribution in [0, 0.1) is 0 Å². The average molecular weight is 230 g/mol. The number of hydrogen-bond donors (Lipinski definition) is 2. The van der Waals surface area contributed by atoms with Crippen LogP contribution < -0.4 is 5.73 Å². The van der Waals surface area contributed by atoms with Crippen molar-refractivity contribution in [3.63, 3.8) is 0 Å². The molecule has 1 aromatic carbocycles. The SMILES string of the molecule is Nc1c2c(nc3ccccc13)CCC2.O=CO. The van der Waals surface area contributed by atoms with Crippen LogP contribution in [-0.4, -0.2) is 16.6 Å². The van der Waals surface area contributed by atoms with Crippen molar-refractivity contribution >= 4 is 23.1 Å². The summed E-state index contributed by atoms with van der Waals surface area (Å²) >= 11 is 0. The maximum atomic E-state index is 8.36. The molecule has 0 bridgehead atoms. The quantitative estimate of drug-likeness (QED) is 0.679. The molecule has 0 amide bonds. The molecular weight excluding hydrogens is 216 g/mol. The Balaban J connectivity index is 0.000000329. The topological polar surface area (TPSA) is 76.2 Å². The zero-order valence-electron chi connectivity index (χ0n) is 9.39. The van der Waals surface area contributed by atoms with E-state index in [1.165, 1.54) is 17.7 Å². The predicted octanol–water partition coefficient (Wildman–Crippen LogP) is 2.01. The summed E-state index contributed by atoms with van der Waals surface area (Å²) in [6.45, 7) is -0.250. The molecule has 3 N–H and O–H groups in total. The summed E-state index contributed by atoms with van der Waals surface area (Å²) in [6.07, 6.45) is 3.38. The highest BCUT2D eigenvalue weighted by Gasteiger charge is 2.17. The minimum Gasteiger partial charge on any atom is -0.483 e. The van der Waals surface area contributed by atoms with Crippen LogP contribution in [0.2, 0.25) is 0 Å². The van der Waals surface area contributed by atoms with E-state index in [0.29, 0.717) is 0 Å². The van der Waals surface area contributed by atoms with Gasteiger partial charge in [0.05, 0.1) is 5.52 Å². The van der Waals surface area contributed by atoms with Crippen LogP contribution in [0.1, 0.15) is 17.7 Å². The number of aryl methyl sites for hydroxylation is 1. The van der Waals surface area contributed by atoms with E-state index in [0.717, 1.165) is 29.4 Å². The van der Waals surface area contributed by atoms with Gasteiger partial charge < -0.3 is 10.8 Å². The Morgan fingerprint density at radius 2 is 2.00 bits per heavy atom. The number of carbonyl (C=O) groups is 1. The second kappa shape index (κ2) is 4.82. The molecule has 1 aromatic heterocycles. The number of nitrogen functional groups attached to an aromatic ring is 1. The van der Waals surface area contributed by atoms with E-state index in [9.17, 15) is 0 Å². The van der Waals surface area contributed by atoms with Gasteiger partial charge in [0.25, 0.3) is 6.47 Å². The number of para-hydroxylation sites is 1. The minimum atomic E-state index is -0.250. The van der Waals surface area contributed by atoms with Crippen LogP contribution >= 0.6 is 0 Å².